The van der Waals surface area contributed by atoms with E-state index >= 15 is 0 Å². The van der Waals surface area contributed by atoms with Crippen molar-refractivity contribution in [2.45, 2.75) is 0 Å². The number of aromatic nitrogens is 1. The van der Waals surface area contributed by atoms with Crippen molar-refractivity contribution in [3.63, 3.8) is 0 Å². The van der Waals surface area contributed by atoms with Gasteiger partial charge in [-0.1, -0.05) is 11.6 Å². The summed E-state index contributed by atoms with van der Waals surface area (Å²) in [5.41, 5.74) is 1.48. The van der Waals surface area contributed by atoms with Gasteiger partial charge in [-0.2, -0.15) is 0 Å². The fraction of sp³-hybridized carbons (Fsp3) is 0.0769. The lowest BCUT2D eigenvalue weighted by molar-refractivity contribution is 0.0697. The monoisotopic (exact) mass is 263 g/mol. The lowest BCUT2D eigenvalue weighted by Gasteiger charge is -2.06. The van der Waals surface area contributed by atoms with Crippen molar-refractivity contribution in [2.75, 3.05) is 7.11 Å². The summed E-state index contributed by atoms with van der Waals surface area (Å²) < 4.78 is 5.05. The second-order valence-electron chi connectivity index (χ2n) is 3.58. The minimum atomic E-state index is -0.988. The molecule has 0 saturated heterocycles. The normalized spacial score (nSPS) is 10.1. The molecule has 1 N–H and O–H groups in total. The maximum absolute atomic E-state index is 10.9. The van der Waals surface area contributed by atoms with E-state index in [9.17, 15) is 4.79 Å². The highest BCUT2D eigenvalue weighted by Gasteiger charge is 2.08. The molecule has 4 nitrogen and oxygen atoms in total. The van der Waals surface area contributed by atoms with Crippen LogP contribution in [0.3, 0.4) is 0 Å². The molecule has 0 radical (unpaired) electrons. The molecule has 1 heterocycles. The molecule has 0 aliphatic rings. The number of rotatable bonds is 3. The third-order valence-electron chi connectivity index (χ3n) is 2.45. The predicted molar refractivity (Wildman–Crippen MR) is 68.2 cm³/mol. The van der Waals surface area contributed by atoms with E-state index in [1.165, 1.54) is 25.4 Å². The van der Waals surface area contributed by atoms with Gasteiger partial charge in [0.2, 0.25) is 0 Å². The summed E-state index contributed by atoms with van der Waals surface area (Å²) in [7, 11) is 1.53. The molecule has 0 aliphatic carbocycles. The quantitative estimate of drug-likeness (QED) is 0.924. The van der Waals surface area contributed by atoms with Crippen LogP contribution in [0.5, 0.6) is 5.75 Å². The Hall–Kier alpha value is -2.07. The summed E-state index contributed by atoms with van der Waals surface area (Å²) in [6.45, 7) is 0. The Morgan fingerprint density at radius 2 is 2.11 bits per heavy atom. The minimum absolute atomic E-state index is 0.187. The zero-order chi connectivity index (χ0) is 13.1. The van der Waals surface area contributed by atoms with Crippen molar-refractivity contribution in [3.8, 4) is 17.0 Å². The van der Waals surface area contributed by atoms with Crippen molar-refractivity contribution in [1.29, 1.82) is 0 Å². The van der Waals surface area contributed by atoms with Gasteiger partial charge in [-0.25, -0.2) is 4.79 Å². The van der Waals surface area contributed by atoms with Crippen LogP contribution in [-0.4, -0.2) is 23.2 Å². The highest BCUT2D eigenvalue weighted by atomic mass is 35.5. The fourth-order valence-corrected chi connectivity index (χ4v) is 1.80. The Labute approximate surface area is 109 Å². The van der Waals surface area contributed by atoms with Gasteiger partial charge in [0.05, 0.1) is 23.4 Å². The van der Waals surface area contributed by atoms with Crippen LogP contribution < -0.4 is 4.74 Å². The number of pyridine rings is 1. The molecule has 0 bridgehead atoms. The van der Waals surface area contributed by atoms with Gasteiger partial charge in [0.1, 0.15) is 5.75 Å². The first-order chi connectivity index (χ1) is 8.61. The fourth-order valence-electron chi connectivity index (χ4n) is 1.55. The van der Waals surface area contributed by atoms with E-state index in [2.05, 4.69) is 4.98 Å². The van der Waals surface area contributed by atoms with Gasteiger partial charge in [0.25, 0.3) is 0 Å². The van der Waals surface area contributed by atoms with Gasteiger partial charge >= 0.3 is 5.97 Å². The smallest absolute Gasteiger partial charge is 0.335 e. The number of hydrogen-bond acceptors (Lipinski definition) is 3. The number of hydrogen-bond donors (Lipinski definition) is 1. The van der Waals surface area contributed by atoms with Gasteiger partial charge in [-0.05, 0) is 30.3 Å². The molecule has 0 atom stereocenters. The highest BCUT2D eigenvalue weighted by molar-refractivity contribution is 6.32. The van der Waals surface area contributed by atoms with Crippen molar-refractivity contribution in [2.24, 2.45) is 0 Å². The average Bonchev–Trinajstić information content (AvgIpc) is 2.38. The van der Waals surface area contributed by atoms with Gasteiger partial charge < -0.3 is 9.84 Å². The lowest BCUT2D eigenvalue weighted by atomic mass is 10.1. The van der Waals surface area contributed by atoms with Gasteiger partial charge in [-0.15, -0.1) is 0 Å². The molecule has 1 aromatic carbocycles. The van der Waals surface area contributed by atoms with E-state index in [4.69, 9.17) is 21.4 Å². The van der Waals surface area contributed by atoms with Crippen LogP contribution in [0, 0.1) is 0 Å². The van der Waals surface area contributed by atoms with Crippen LogP contribution in [0.4, 0.5) is 0 Å². The first-order valence-electron chi connectivity index (χ1n) is 5.15. The minimum Gasteiger partial charge on any atom is -0.495 e. The van der Waals surface area contributed by atoms with Crippen LogP contribution in [0.15, 0.2) is 36.5 Å². The summed E-state index contributed by atoms with van der Waals surface area (Å²) in [5.74, 6) is -0.423. The van der Waals surface area contributed by atoms with Crippen LogP contribution >= 0.6 is 11.6 Å². The van der Waals surface area contributed by atoms with E-state index in [0.29, 0.717) is 16.5 Å². The molecular formula is C13H10ClNO3. The zero-order valence-electron chi connectivity index (χ0n) is 9.55. The molecule has 0 saturated carbocycles. The van der Waals surface area contributed by atoms with E-state index in [0.717, 1.165) is 5.56 Å². The Kier molecular flexibility index (Phi) is 3.48. The van der Waals surface area contributed by atoms with Gasteiger partial charge in [0, 0.05) is 11.8 Å². The van der Waals surface area contributed by atoms with Crippen molar-refractivity contribution < 1.29 is 14.6 Å². The number of carbonyl (C=O) groups is 1. The Bertz CT molecular complexity index is 599. The molecule has 0 unspecified atom stereocenters. The number of nitrogens with zero attached hydrogens (tertiary/aromatic N) is 1. The SMILES string of the molecule is COc1ccc(-c2cc(C(=O)O)ccn2)cc1Cl. The van der Waals surface area contributed by atoms with Crippen LogP contribution in [0.1, 0.15) is 10.4 Å². The molecule has 2 aromatic rings. The summed E-state index contributed by atoms with van der Waals surface area (Å²) in [4.78, 5) is 15.0. The second kappa shape index (κ2) is 5.06. The summed E-state index contributed by atoms with van der Waals surface area (Å²) in [6.07, 6.45) is 1.46. The average molecular weight is 264 g/mol. The molecule has 18 heavy (non-hydrogen) atoms. The molecule has 1 aromatic heterocycles. The maximum atomic E-state index is 10.9. The maximum Gasteiger partial charge on any atom is 0.335 e. The van der Waals surface area contributed by atoms with Crippen molar-refractivity contribution in [3.05, 3.63) is 47.1 Å². The third kappa shape index (κ3) is 2.43. The third-order valence-corrected chi connectivity index (χ3v) is 2.75. The number of aromatic carboxylic acids is 1. The van der Waals surface area contributed by atoms with E-state index < -0.39 is 5.97 Å². The molecule has 2 rings (SSSR count). The van der Waals surface area contributed by atoms with Crippen molar-refractivity contribution in [1.82, 2.24) is 4.98 Å². The van der Waals surface area contributed by atoms with Crippen molar-refractivity contribution >= 4 is 17.6 Å². The summed E-state index contributed by atoms with van der Waals surface area (Å²) in [5, 5.41) is 9.38. The predicted octanol–water partition coefficient (Wildman–Crippen LogP) is 3.11. The number of halogens is 1. The summed E-state index contributed by atoms with van der Waals surface area (Å²) in [6, 6.07) is 8.12. The largest absolute Gasteiger partial charge is 0.495 e. The standard InChI is InChI=1S/C13H10ClNO3/c1-18-12-3-2-8(6-10(12)14)11-7-9(13(16)17)4-5-15-11/h2-7H,1H3,(H,16,17). The van der Waals surface area contributed by atoms with Gasteiger partial charge in [-0.3, -0.25) is 4.98 Å². The second-order valence-corrected chi connectivity index (χ2v) is 3.99. The van der Waals surface area contributed by atoms with E-state index in [1.54, 1.807) is 18.2 Å². The lowest BCUT2D eigenvalue weighted by Crippen LogP contribution is -1.97. The molecule has 5 heteroatoms. The van der Waals surface area contributed by atoms with E-state index in [1.807, 2.05) is 0 Å². The molecule has 92 valence electrons. The van der Waals surface area contributed by atoms with Crippen LogP contribution in [0.25, 0.3) is 11.3 Å². The highest BCUT2D eigenvalue weighted by Crippen LogP contribution is 2.29. The first-order valence-corrected chi connectivity index (χ1v) is 5.53. The number of benzene rings is 1. The summed E-state index contributed by atoms with van der Waals surface area (Å²) >= 11 is 6.01. The Balaban J connectivity index is 2.45. The van der Waals surface area contributed by atoms with E-state index in [-0.39, 0.29) is 5.56 Å². The van der Waals surface area contributed by atoms with Crippen LogP contribution in [-0.2, 0) is 0 Å². The number of carboxylic acid groups (broad SMARTS) is 1. The number of ether oxygens (including phenoxy) is 1. The number of carboxylic acids is 1. The number of methoxy groups -OCH3 is 1. The first kappa shape index (κ1) is 12.4. The Morgan fingerprint density at radius 1 is 1.33 bits per heavy atom. The molecule has 0 aliphatic heterocycles. The Morgan fingerprint density at radius 3 is 2.72 bits per heavy atom. The van der Waals surface area contributed by atoms with Gasteiger partial charge in [0.15, 0.2) is 0 Å². The van der Waals surface area contributed by atoms with Crippen LogP contribution in [0.2, 0.25) is 5.02 Å². The molecule has 0 spiro atoms. The molecule has 0 amide bonds. The topological polar surface area (TPSA) is 59.4 Å². The zero-order valence-corrected chi connectivity index (χ0v) is 10.3. The molecular weight excluding hydrogens is 254 g/mol. The molecule has 0 fully saturated rings.